The van der Waals surface area contributed by atoms with Gasteiger partial charge in [-0.1, -0.05) is 0 Å². The predicted octanol–water partition coefficient (Wildman–Crippen LogP) is 0.935. The van der Waals surface area contributed by atoms with Gasteiger partial charge in [-0.15, -0.1) is 0 Å². The van der Waals surface area contributed by atoms with Crippen LogP contribution in [0.3, 0.4) is 0 Å². The number of pyridine rings is 1. The van der Waals surface area contributed by atoms with Gasteiger partial charge in [-0.2, -0.15) is 0 Å². The van der Waals surface area contributed by atoms with E-state index in [1.165, 1.54) is 17.7 Å². The van der Waals surface area contributed by atoms with Crippen LogP contribution >= 0.6 is 0 Å². The molecule has 1 saturated heterocycles. The highest BCUT2D eigenvalue weighted by molar-refractivity contribution is 5.56. The lowest BCUT2D eigenvalue weighted by Gasteiger charge is -2.22. The van der Waals surface area contributed by atoms with Crippen LogP contribution in [0, 0.1) is 6.92 Å². The van der Waals surface area contributed by atoms with Crippen LogP contribution in [-0.4, -0.2) is 43.2 Å². The first kappa shape index (κ1) is 18.9. The topological polar surface area (TPSA) is 97.9 Å². The van der Waals surface area contributed by atoms with E-state index in [9.17, 15) is 9.59 Å². The van der Waals surface area contributed by atoms with E-state index >= 15 is 0 Å². The fourth-order valence-corrected chi connectivity index (χ4v) is 3.59. The maximum absolute atomic E-state index is 12.2. The number of aromatic nitrogens is 5. The summed E-state index contributed by atoms with van der Waals surface area (Å²) < 4.78 is 2.62. The van der Waals surface area contributed by atoms with Crippen LogP contribution in [0.5, 0.6) is 0 Å². The third-order valence-electron chi connectivity index (χ3n) is 5.14. The van der Waals surface area contributed by atoms with Gasteiger partial charge in [0.05, 0.1) is 0 Å². The minimum atomic E-state index is -0.323. The van der Waals surface area contributed by atoms with Gasteiger partial charge in [0.1, 0.15) is 11.6 Å². The number of aryl methyl sites for hydroxylation is 1. The van der Waals surface area contributed by atoms with E-state index in [4.69, 9.17) is 0 Å². The van der Waals surface area contributed by atoms with Crippen molar-refractivity contribution in [1.29, 1.82) is 0 Å². The molecular weight excluding hydrogens is 370 g/mol. The third-order valence-corrected chi connectivity index (χ3v) is 5.14. The summed E-state index contributed by atoms with van der Waals surface area (Å²) in [6.07, 6.45) is 4.33. The van der Waals surface area contributed by atoms with E-state index in [0.29, 0.717) is 18.2 Å². The van der Waals surface area contributed by atoms with Crippen molar-refractivity contribution in [3.8, 4) is 11.4 Å². The van der Waals surface area contributed by atoms with Gasteiger partial charge in [0.25, 0.3) is 5.56 Å². The highest BCUT2D eigenvalue weighted by atomic mass is 16.2. The van der Waals surface area contributed by atoms with Crippen LogP contribution in [0.15, 0.2) is 46.2 Å². The van der Waals surface area contributed by atoms with Gasteiger partial charge in [0.15, 0.2) is 5.82 Å². The molecule has 1 fully saturated rings. The molecule has 1 atom stereocenters. The first-order chi connectivity index (χ1) is 13.9. The summed E-state index contributed by atoms with van der Waals surface area (Å²) in [6.45, 7) is 3.35. The minimum Gasteiger partial charge on any atom is -0.365 e. The minimum absolute atomic E-state index is 0.144. The third kappa shape index (κ3) is 3.75. The number of nitrogens with zero attached hydrogens (tertiary/aromatic N) is 6. The Labute approximate surface area is 167 Å². The van der Waals surface area contributed by atoms with E-state index < -0.39 is 0 Å². The van der Waals surface area contributed by atoms with E-state index in [-0.39, 0.29) is 17.3 Å². The Bertz CT molecular complexity index is 1150. The van der Waals surface area contributed by atoms with Gasteiger partial charge >= 0.3 is 5.69 Å². The van der Waals surface area contributed by atoms with Crippen molar-refractivity contribution in [2.24, 2.45) is 14.1 Å². The number of hydrogen-bond acceptors (Lipinski definition) is 7. The number of hydrogen-bond donors (Lipinski definition) is 1. The highest BCUT2D eigenvalue weighted by Gasteiger charge is 2.25. The molecule has 1 aliphatic rings. The molecule has 1 aliphatic heterocycles. The van der Waals surface area contributed by atoms with Crippen molar-refractivity contribution >= 4 is 11.6 Å². The molecule has 3 aromatic heterocycles. The molecule has 0 spiro atoms. The molecule has 9 heteroatoms. The van der Waals surface area contributed by atoms with Crippen molar-refractivity contribution in [3.63, 3.8) is 0 Å². The molecule has 0 aromatic carbocycles. The van der Waals surface area contributed by atoms with Gasteiger partial charge in [0.2, 0.25) is 0 Å². The Morgan fingerprint density at radius 1 is 1.14 bits per heavy atom. The van der Waals surface area contributed by atoms with Gasteiger partial charge in [-0.3, -0.25) is 18.9 Å². The number of nitrogens with one attached hydrogen (secondary N) is 1. The lowest BCUT2D eigenvalue weighted by atomic mass is 10.2. The molecule has 0 amide bonds. The summed E-state index contributed by atoms with van der Waals surface area (Å²) in [5.41, 5.74) is 1.11. The van der Waals surface area contributed by atoms with Gasteiger partial charge in [-0.25, -0.2) is 14.8 Å². The van der Waals surface area contributed by atoms with Crippen molar-refractivity contribution in [1.82, 2.24) is 24.1 Å². The van der Waals surface area contributed by atoms with Crippen molar-refractivity contribution in [2.45, 2.75) is 19.4 Å². The second-order valence-corrected chi connectivity index (χ2v) is 7.28. The van der Waals surface area contributed by atoms with E-state index in [2.05, 4.69) is 25.2 Å². The smallest absolute Gasteiger partial charge is 0.332 e. The lowest BCUT2D eigenvalue weighted by molar-refractivity contribution is 0.672. The monoisotopic (exact) mass is 393 g/mol. The number of rotatable bonds is 4. The average molecular weight is 393 g/mol. The SMILES string of the molecule is Cc1cc(N[C@H]2CCN(c3cc(=O)n(C)c(=O)n3C)C2)nc(-c2cccnc2)n1. The Morgan fingerprint density at radius 2 is 1.97 bits per heavy atom. The summed E-state index contributed by atoms with van der Waals surface area (Å²) in [5, 5.41) is 3.47. The summed E-state index contributed by atoms with van der Waals surface area (Å²) in [5.74, 6) is 2.02. The molecule has 0 saturated carbocycles. The molecule has 4 heterocycles. The van der Waals surface area contributed by atoms with Gasteiger partial charge < -0.3 is 10.2 Å². The van der Waals surface area contributed by atoms with Crippen LogP contribution < -0.4 is 21.5 Å². The van der Waals surface area contributed by atoms with Crippen molar-refractivity contribution in [2.75, 3.05) is 23.3 Å². The second kappa shape index (κ2) is 7.50. The summed E-state index contributed by atoms with van der Waals surface area (Å²) in [7, 11) is 3.17. The average Bonchev–Trinajstić information content (AvgIpc) is 3.17. The fourth-order valence-electron chi connectivity index (χ4n) is 3.59. The van der Waals surface area contributed by atoms with Gasteiger partial charge in [-0.05, 0) is 25.5 Å². The predicted molar refractivity (Wildman–Crippen MR) is 111 cm³/mol. The Hall–Kier alpha value is -3.49. The highest BCUT2D eigenvalue weighted by Crippen LogP contribution is 2.22. The summed E-state index contributed by atoms with van der Waals surface area (Å²) in [6, 6.07) is 7.36. The quantitative estimate of drug-likeness (QED) is 0.704. The standard InChI is InChI=1S/C20H23N7O2/c1-13-9-16(24-19(22-13)14-5-4-7-21-11-14)23-15-6-8-27(12-15)17-10-18(28)26(3)20(29)25(17)2/h4-5,7,9-11,15H,6,8,12H2,1-3H3,(H,22,23,24)/t15-/m0/s1. The summed E-state index contributed by atoms with van der Waals surface area (Å²) in [4.78, 5) is 39.6. The number of anilines is 2. The van der Waals surface area contributed by atoms with Crippen LogP contribution in [-0.2, 0) is 14.1 Å². The first-order valence-electron chi connectivity index (χ1n) is 9.47. The van der Waals surface area contributed by atoms with Crippen molar-refractivity contribution < 1.29 is 0 Å². The molecule has 0 unspecified atom stereocenters. The molecule has 150 valence electrons. The largest absolute Gasteiger partial charge is 0.365 e. The van der Waals surface area contributed by atoms with Crippen molar-refractivity contribution in [3.05, 3.63) is 63.2 Å². The molecular formula is C20H23N7O2. The second-order valence-electron chi connectivity index (χ2n) is 7.28. The molecule has 0 aliphatic carbocycles. The van der Waals surface area contributed by atoms with E-state index in [0.717, 1.165) is 34.6 Å². The first-order valence-corrected chi connectivity index (χ1v) is 9.47. The van der Waals surface area contributed by atoms with Crippen LogP contribution in [0.2, 0.25) is 0 Å². The molecule has 0 radical (unpaired) electrons. The maximum Gasteiger partial charge on any atom is 0.332 e. The molecule has 0 bridgehead atoms. The molecule has 29 heavy (non-hydrogen) atoms. The zero-order valence-corrected chi connectivity index (χ0v) is 16.7. The molecule has 3 aromatic rings. The Morgan fingerprint density at radius 3 is 2.72 bits per heavy atom. The van der Waals surface area contributed by atoms with Crippen LogP contribution in [0.4, 0.5) is 11.6 Å². The van der Waals surface area contributed by atoms with Gasteiger partial charge in [0, 0.05) is 69.0 Å². The Balaban J connectivity index is 1.54. The maximum atomic E-state index is 12.2. The van der Waals surface area contributed by atoms with Crippen LogP contribution in [0.1, 0.15) is 12.1 Å². The van der Waals surface area contributed by atoms with E-state index in [1.54, 1.807) is 19.4 Å². The summed E-state index contributed by atoms with van der Waals surface area (Å²) >= 11 is 0. The molecule has 4 rings (SSSR count). The van der Waals surface area contributed by atoms with Crippen LogP contribution in [0.25, 0.3) is 11.4 Å². The van der Waals surface area contributed by atoms with E-state index in [1.807, 2.05) is 25.1 Å². The Kier molecular flexibility index (Phi) is 4.87. The molecule has 1 N–H and O–H groups in total. The zero-order valence-electron chi connectivity index (χ0n) is 16.7. The molecule has 9 nitrogen and oxygen atoms in total. The zero-order chi connectivity index (χ0) is 20.5. The fraction of sp³-hybridized carbons (Fsp3) is 0.350. The normalized spacial score (nSPS) is 16.2. The lowest BCUT2D eigenvalue weighted by Crippen LogP contribution is -2.40.